The molecule has 2 N–H and O–H groups in total. The zero-order chi connectivity index (χ0) is 10.2. The summed E-state index contributed by atoms with van der Waals surface area (Å²) < 4.78 is 36.6. The molecular weight excluding hydrogens is 181 g/mol. The van der Waals surface area contributed by atoms with Gasteiger partial charge in [0.05, 0.1) is 0 Å². The number of hydrogen-bond acceptors (Lipinski definition) is 2. The van der Waals surface area contributed by atoms with Crippen LogP contribution >= 0.6 is 0 Å². The lowest BCUT2D eigenvalue weighted by Gasteiger charge is -2.27. The Kier molecular flexibility index (Phi) is 2.56. The number of rotatable bonds is 1. The fourth-order valence-electron chi connectivity index (χ4n) is 1.36. The zero-order valence-electron chi connectivity index (χ0n) is 7.60. The van der Waals surface area contributed by atoms with Crippen LogP contribution in [0.1, 0.15) is 13.3 Å². The standard InChI is InChI=1S/C8H13F3N2/c1-5-3-4-6(13(5)2)7(12)8(9,10)11/h4-5,7H,3,12H2,1-2H3. The lowest BCUT2D eigenvalue weighted by Crippen LogP contribution is -2.43. The minimum Gasteiger partial charge on any atom is -0.374 e. The summed E-state index contributed by atoms with van der Waals surface area (Å²) in [7, 11) is 1.63. The average molecular weight is 194 g/mol. The van der Waals surface area contributed by atoms with Crippen LogP contribution in [-0.4, -0.2) is 30.2 Å². The van der Waals surface area contributed by atoms with Gasteiger partial charge in [-0.15, -0.1) is 0 Å². The summed E-state index contributed by atoms with van der Waals surface area (Å²) in [6, 6.07) is -1.73. The molecular formula is C8H13F3N2. The van der Waals surface area contributed by atoms with Crippen LogP contribution < -0.4 is 5.73 Å². The maximum atomic E-state index is 12.2. The Labute approximate surface area is 75.2 Å². The molecule has 1 aliphatic rings. The SMILES string of the molecule is CC1CC=C(C(N)C(F)(F)F)N1C. The summed E-state index contributed by atoms with van der Waals surface area (Å²) in [5.41, 5.74) is 5.25. The van der Waals surface area contributed by atoms with Crippen LogP contribution in [0.5, 0.6) is 0 Å². The van der Waals surface area contributed by atoms with E-state index in [0.29, 0.717) is 6.42 Å². The zero-order valence-corrected chi connectivity index (χ0v) is 7.60. The van der Waals surface area contributed by atoms with Crippen molar-refractivity contribution in [2.75, 3.05) is 7.05 Å². The highest BCUT2D eigenvalue weighted by molar-refractivity contribution is 5.17. The van der Waals surface area contributed by atoms with Gasteiger partial charge in [-0.25, -0.2) is 0 Å². The Hall–Kier alpha value is -0.710. The van der Waals surface area contributed by atoms with E-state index in [-0.39, 0.29) is 11.7 Å². The molecule has 0 aromatic carbocycles. The predicted molar refractivity (Wildman–Crippen MR) is 44.0 cm³/mol. The molecule has 0 saturated heterocycles. The number of halogens is 3. The van der Waals surface area contributed by atoms with Crippen LogP contribution in [0.15, 0.2) is 11.8 Å². The second-order valence-electron chi connectivity index (χ2n) is 3.34. The van der Waals surface area contributed by atoms with Crippen molar-refractivity contribution >= 4 is 0 Å². The number of nitrogens with two attached hydrogens (primary N) is 1. The van der Waals surface area contributed by atoms with Gasteiger partial charge in [0, 0.05) is 18.8 Å². The van der Waals surface area contributed by atoms with Crippen LogP contribution in [0.25, 0.3) is 0 Å². The lowest BCUT2D eigenvalue weighted by atomic mass is 10.2. The molecule has 13 heavy (non-hydrogen) atoms. The molecule has 76 valence electrons. The molecule has 1 rings (SSSR count). The summed E-state index contributed by atoms with van der Waals surface area (Å²) in [4.78, 5) is 1.58. The van der Waals surface area contributed by atoms with Gasteiger partial charge in [0.25, 0.3) is 0 Å². The molecule has 0 radical (unpaired) electrons. The largest absolute Gasteiger partial charge is 0.409 e. The molecule has 0 spiro atoms. The summed E-state index contributed by atoms with van der Waals surface area (Å²) in [5.74, 6) is 0. The Balaban J connectivity index is 2.74. The van der Waals surface area contributed by atoms with Crippen molar-refractivity contribution in [3.8, 4) is 0 Å². The van der Waals surface area contributed by atoms with E-state index in [1.807, 2.05) is 6.92 Å². The Morgan fingerprint density at radius 2 is 2.15 bits per heavy atom. The van der Waals surface area contributed by atoms with Crippen molar-refractivity contribution in [1.29, 1.82) is 0 Å². The van der Waals surface area contributed by atoms with Gasteiger partial charge >= 0.3 is 6.18 Å². The molecule has 0 amide bonds. The van der Waals surface area contributed by atoms with Gasteiger partial charge in [0.1, 0.15) is 6.04 Å². The van der Waals surface area contributed by atoms with E-state index in [4.69, 9.17) is 5.73 Å². The van der Waals surface area contributed by atoms with E-state index in [2.05, 4.69) is 0 Å². The van der Waals surface area contributed by atoms with E-state index >= 15 is 0 Å². The minimum atomic E-state index is -4.34. The van der Waals surface area contributed by atoms with Gasteiger partial charge in [-0.3, -0.25) is 0 Å². The first-order chi connectivity index (χ1) is 5.84. The maximum absolute atomic E-state index is 12.2. The van der Waals surface area contributed by atoms with Crippen LogP contribution in [0, 0.1) is 0 Å². The van der Waals surface area contributed by atoms with Crippen molar-refractivity contribution in [2.24, 2.45) is 5.73 Å². The Bertz CT molecular complexity index is 222. The van der Waals surface area contributed by atoms with Crippen LogP contribution in [-0.2, 0) is 0 Å². The first-order valence-electron chi connectivity index (χ1n) is 4.09. The van der Waals surface area contributed by atoms with Crippen LogP contribution in [0.2, 0.25) is 0 Å². The number of hydrogen-bond donors (Lipinski definition) is 1. The fraction of sp³-hybridized carbons (Fsp3) is 0.750. The molecule has 0 aromatic rings. The molecule has 1 heterocycles. The van der Waals surface area contributed by atoms with Crippen molar-refractivity contribution in [2.45, 2.75) is 31.6 Å². The van der Waals surface area contributed by atoms with E-state index in [1.54, 1.807) is 18.0 Å². The third-order valence-corrected chi connectivity index (χ3v) is 2.41. The van der Waals surface area contributed by atoms with Crippen molar-refractivity contribution in [1.82, 2.24) is 4.90 Å². The highest BCUT2D eigenvalue weighted by Crippen LogP contribution is 2.30. The monoisotopic (exact) mass is 194 g/mol. The average Bonchev–Trinajstić information content (AvgIpc) is 2.30. The second-order valence-corrected chi connectivity index (χ2v) is 3.34. The first kappa shape index (κ1) is 10.4. The topological polar surface area (TPSA) is 29.3 Å². The van der Waals surface area contributed by atoms with Crippen molar-refractivity contribution < 1.29 is 13.2 Å². The molecule has 0 fully saturated rings. The predicted octanol–water partition coefficient (Wildman–Crippen LogP) is 1.48. The van der Waals surface area contributed by atoms with Gasteiger partial charge in [0.15, 0.2) is 0 Å². The first-order valence-corrected chi connectivity index (χ1v) is 4.09. The normalized spacial score (nSPS) is 26.2. The molecule has 0 aromatic heterocycles. The summed E-state index contributed by atoms with van der Waals surface area (Å²) >= 11 is 0. The maximum Gasteiger partial charge on any atom is 0.409 e. The van der Waals surface area contributed by atoms with Gasteiger partial charge in [-0.05, 0) is 13.3 Å². The van der Waals surface area contributed by atoms with Crippen LogP contribution in [0.3, 0.4) is 0 Å². The van der Waals surface area contributed by atoms with Crippen molar-refractivity contribution in [3.05, 3.63) is 11.8 Å². The molecule has 1 aliphatic heterocycles. The fourth-order valence-corrected chi connectivity index (χ4v) is 1.36. The van der Waals surface area contributed by atoms with Gasteiger partial charge in [0.2, 0.25) is 0 Å². The van der Waals surface area contributed by atoms with E-state index < -0.39 is 12.2 Å². The molecule has 5 heteroatoms. The van der Waals surface area contributed by atoms with E-state index in [9.17, 15) is 13.2 Å². The summed E-state index contributed by atoms with van der Waals surface area (Å²) in [6.45, 7) is 1.87. The summed E-state index contributed by atoms with van der Waals surface area (Å²) in [6.07, 6.45) is -2.15. The summed E-state index contributed by atoms with van der Waals surface area (Å²) in [5, 5.41) is 0. The third kappa shape index (κ3) is 1.96. The lowest BCUT2D eigenvalue weighted by molar-refractivity contribution is -0.142. The smallest absolute Gasteiger partial charge is 0.374 e. The molecule has 0 saturated carbocycles. The van der Waals surface area contributed by atoms with Gasteiger partial charge in [-0.2, -0.15) is 13.2 Å². The molecule has 0 bridgehead atoms. The highest BCUT2D eigenvalue weighted by atomic mass is 19.4. The van der Waals surface area contributed by atoms with E-state index in [1.165, 1.54) is 0 Å². The Morgan fingerprint density at radius 1 is 1.62 bits per heavy atom. The Morgan fingerprint density at radius 3 is 2.46 bits per heavy atom. The molecule has 0 aliphatic carbocycles. The van der Waals surface area contributed by atoms with E-state index in [0.717, 1.165) is 0 Å². The molecule has 2 nitrogen and oxygen atoms in total. The van der Waals surface area contributed by atoms with Gasteiger partial charge < -0.3 is 10.6 Å². The third-order valence-electron chi connectivity index (χ3n) is 2.41. The highest BCUT2D eigenvalue weighted by Gasteiger charge is 2.42. The number of likely N-dealkylation sites (N-methyl/N-ethyl adjacent to an activating group) is 1. The number of alkyl halides is 3. The van der Waals surface area contributed by atoms with Gasteiger partial charge in [-0.1, -0.05) is 6.08 Å². The second kappa shape index (κ2) is 3.21. The minimum absolute atomic E-state index is 0.114. The quantitative estimate of drug-likeness (QED) is 0.685. The number of nitrogens with zero attached hydrogens (tertiary/aromatic N) is 1. The molecule has 2 atom stereocenters. The van der Waals surface area contributed by atoms with Crippen LogP contribution in [0.4, 0.5) is 13.2 Å². The van der Waals surface area contributed by atoms with Crippen molar-refractivity contribution in [3.63, 3.8) is 0 Å². The molecule has 2 unspecified atom stereocenters.